The van der Waals surface area contributed by atoms with Gasteiger partial charge in [0.05, 0.1) is 0 Å². The van der Waals surface area contributed by atoms with Gasteiger partial charge < -0.3 is 0 Å². The second-order valence-corrected chi connectivity index (χ2v) is 12.5. The Kier molecular flexibility index (Phi) is 6.92. The quantitative estimate of drug-likeness (QED) is 0.196. The summed E-state index contributed by atoms with van der Waals surface area (Å²) in [5, 5.41) is 0. The lowest BCUT2D eigenvalue weighted by Crippen LogP contribution is -2.30. The van der Waals surface area contributed by atoms with Crippen LogP contribution in [0.5, 0.6) is 0 Å². The number of carbonyl (C=O) groups excluding carboxylic acids is 1. The predicted octanol–water partition coefficient (Wildman–Crippen LogP) is 10.1. The number of carbonyl (C=O) groups is 1. The van der Waals surface area contributed by atoms with Gasteiger partial charge in [0.1, 0.15) is 0 Å². The lowest BCUT2D eigenvalue weighted by molar-refractivity contribution is 0.103. The Balaban J connectivity index is 1.09. The van der Waals surface area contributed by atoms with E-state index in [-0.39, 0.29) is 11.2 Å². The molecule has 1 aromatic heterocycles. The van der Waals surface area contributed by atoms with Crippen LogP contribution in [0.2, 0.25) is 0 Å². The predicted molar refractivity (Wildman–Crippen MR) is 189 cm³/mol. The molecule has 4 heteroatoms. The van der Waals surface area contributed by atoms with Crippen molar-refractivity contribution in [2.24, 2.45) is 0 Å². The number of fused-ring (bicyclic) bond motifs is 2. The maximum Gasteiger partial charge on any atom is 0.193 e. The molecular weight excluding hydrogens is 574 g/mol. The molecule has 0 unspecified atom stereocenters. The molecule has 0 radical (unpaired) electrons. The smallest absolute Gasteiger partial charge is 0.193 e. The van der Waals surface area contributed by atoms with Crippen molar-refractivity contribution in [3.8, 4) is 56.4 Å². The van der Waals surface area contributed by atoms with Crippen molar-refractivity contribution >= 4 is 5.78 Å². The largest absolute Gasteiger partial charge is 0.289 e. The van der Waals surface area contributed by atoms with Gasteiger partial charge in [-0.3, -0.25) is 4.79 Å². The zero-order chi connectivity index (χ0) is 32.0. The first-order valence-electron chi connectivity index (χ1n) is 15.8. The number of benzene rings is 6. The van der Waals surface area contributed by atoms with Crippen LogP contribution in [0.3, 0.4) is 0 Å². The molecule has 0 fully saturated rings. The summed E-state index contributed by atoms with van der Waals surface area (Å²) >= 11 is 0. The molecule has 4 nitrogen and oxygen atoms in total. The molecule has 224 valence electrons. The summed E-state index contributed by atoms with van der Waals surface area (Å²) in [4.78, 5) is 28.0. The van der Waals surface area contributed by atoms with Gasteiger partial charge in [-0.15, -0.1) is 0 Å². The third-order valence-electron chi connectivity index (χ3n) is 9.18. The monoisotopic (exact) mass is 605 g/mol. The number of rotatable bonds is 5. The minimum Gasteiger partial charge on any atom is -0.289 e. The van der Waals surface area contributed by atoms with E-state index in [1.807, 2.05) is 78.9 Å². The van der Waals surface area contributed by atoms with Crippen LogP contribution in [0.15, 0.2) is 152 Å². The van der Waals surface area contributed by atoms with Crippen LogP contribution in [0, 0.1) is 0 Å². The molecular formula is C43H31N3O. The minimum absolute atomic E-state index is 0.0958. The van der Waals surface area contributed by atoms with E-state index < -0.39 is 0 Å². The average Bonchev–Trinajstić information content (AvgIpc) is 3.14. The van der Waals surface area contributed by atoms with E-state index in [0.717, 1.165) is 61.2 Å². The summed E-state index contributed by atoms with van der Waals surface area (Å²) in [6, 6.07) is 51.2. The Labute approximate surface area is 274 Å². The topological polar surface area (TPSA) is 55.7 Å². The van der Waals surface area contributed by atoms with E-state index >= 15 is 0 Å². The van der Waals surface area contributed by atoms with Gasteiger partial charge in [0.15, 0.2) is 23.3 Å². The van der Waals surface area contributed by atoms with Crippen LogP contribution in [0.25, 0.3) is 56.4 Å². The lowest BCUT2D eigenvalue weighted by atomic mass is 9.68. The van der Waals surface area contributed by atoms with E-state index in [4.69, 9.17) is 15.0 Å². The summed E-state index contributed by atoms with van der Waals surface area (Å²) in [7, 11) is 0. The molecule has 1 aliphatic carbocycles. The fraction of sp³-hybridized carbons (Fsp3) is 0.0698. The fourth-order valence-corrected chi connectivity index (χ4v) is 6.58. The summed E-state index contributed by atoms with van der Waals surface area (Å²) in [6.07, 6.45) is 0. The summed E-state index contributed by atoms with van der Waals surface area (Å²) in [6.45, 7) is 4.39. The van der Waals surface area contributed by atoms with Gasteiger partial charge in [-0.1, -0.05) is 159 Å². The van der Waals surface area contributed by atoms with Crippen molar-refractivity contribution in [1.29, 1.82) is 0 Å². The van der Waals surface area contributed by atoms with Crippen LogP contribution in [-0.2, 0) is 5.41 Å². The maximum atomic E-state index is 13.5. The second-order valence-electron chi connectivity index (χ2n) is 12.5. The molecule has 0 saturated carbocycles. The number of ketones is 1. The Morgan fingerprint density at radius 1 is 0.383 bits per heavy atom. The van der Waals surface area contributed by atoms with E-state index in [1.54, 1.807) is 0 Å². The van der Waals surface area contributed by atoms with Gasteiger partial charge in [-0.25, -0.2) is 15.0 Å². The third kappa shape index (κ3) is 5.14. The lowest BCUT2D eigenvalue weighted by Gasteiger charge is -2.34. The Hall–Kier alpha value is -6.00. The van der Waals surface area contributed by atoms with Gasteiger partial charge in [0.2, 0.25) is 0 Å². The van der Waals surface area contributed by atoms with Crippen molar-refractivity contribution in [3.63, 3.8) is 0 Å². The summed E-state index contributed by atoms with van der Waals surface area (Å²) < 4.78 is 0. The molecule has 0 spiro atoms. The first kappa shape index (κ1) is 28.5. The second kappa shape index (κ2) is 11.4. The normalized spacial score (nSPS) is 13.1. The van der Waals surface area contributed by atoms with Crippen molar-refractivity contribution < 1.29 is 4.79 Å². The molecule has 0 N–H and O–H groups in total. The third-order valence-corrected chi connectivity index (χ3v) is 9.18. The highest BCUT2D eigenvalue weighted by Gasteiger charge is 2.36. The van der Waals surface area contributed by atoms with Crippen LogP contribution < -0.4 is 0 Å². The Bertz CT molecular complexity index is 2200. The number of nitrogens with zero attached hydrogens (tertiary/aromatic N) is 3. The highest BCUT2D eigenvalue weighted by molar-refractivity contribution is 6.13. The van der Waals surface area contributed by atoms with Gasteiger partial charge in [0.25, 0.3) is 0 Å². The average molecular weight is 606 g/mol. The minimum atomic E-state index is -0.234. The SMILES string of the molecule is CC1(C)c2ccccc2C(=O)c2cc(-c3ccc(-c4ccc(-c5nc(-c6ccccc6)nc(-c6ccccc6)n5)cc4)cc3)ccc21. The van der Waals surface area contributed by atoms with E-state index in [0.29, 0.717) is 17.5 Å². The van der Waals surface area contributed by atoms with Crippen molar-refractivity contribution in [2.75, 3.05) is 0 Å². The Morgan fingerprint density at radius 2 is 0.766 bits per heavy atom. The van der Waals surface area contributed by atoms with Crippen LogP contribution in [0.1, 0.15) is 40.9 Å². The van der Waals surface area contributed by atoms with E-state index in [9.17, 15) is 4.79 Å². The van der Waals surface area contributed by atoms with Crippen molar-refractivity contribution in [1.82, 2.24) is 15.0 Å². The van der Waals surface area contributed by atoms with Gasteiger partial charge in [-0.05, 0) is 39.4 Å². The molecule has 8 rings (SSSR count). The zero-order valence-electron chi connectivity index (χ0n) is 26.2. The van der Waals surface area contributed by atoms with E-state index in [1.165, 1.54) is 0 Å². The molecule has 1 aliphatic rings. The highest BCUT2D eigenvalue weighted by Crippen LogP contribution is 2.42. The molecule has 0 atom stereocenters. The van der Waals surface area contributed by atoms with Crippen LogP contribution in [-0.4, -0.2) is 20.7 Å². The van der Waals surface area contributed by atoms with Gasteiger partial charge >= 0.3 is 0 Å². The first-order chi connectivity index (χ1) is 23.0. The highest BCUT2D eigenvalue weighted by atomic mass is 16.1. The molecule has 47 heavy (non-hydrogen) atoms. The molecule has 0 amide bonds. The first-order valence-corrected chi connectivity index (χ1v) is 15.8. The van der Waals surface area contributed by atoms with Crippen LogP contribution in [0.4, 0.5) is 0 Å². The summed E-state index contributed by atoms with van der Waals surface area (Å²) in [5.41, 5.74) is 10.6. The number of aromatic nitrogens is 3. The fourth-order valence-electron chi connectivity index (χ4n) is 6.58. The summed E-state index contributed by atoms with van der Waals surface area (Å²) in [5.74, 6) is 2.02. The van der Waals surface area contributed by atoms with Crippen molar-refractivity contribution in [2.45, 2.75) is 19.3 Å². The number of hydrogen-bond donors (Lipinski definition) is 0. The molecule has 0 saturated heterocycles. The number of hydrogen-bond acceptors (Lipinski definition) is 4. The van der Waals surface area contributed by atoms with Crippen LogP contribution >= 0.6 is 0 Å². The Morgan fingerprint density at radius 3 is 1.30 bits per heavy atom. The van der Waals surface area contributed by atoms with Crippen molar-refractivity contribution in [3.05, 3.63) is 174 Å². The molecule has 1 heterocycles. The molecule has 7 aromatic rings. The molecule has 6 aromatic carbocycles. The standard InChI is InChI=1S/C43H31N3O/c1-43(2)37-16-10-9-15-35(37)39(47)36-27-34(25-26-38(36)43)30-19-17-28(18-20-30)29-21-23-33(24-22-29)42-45-40(31-11-5-3-6-12-31)44-41(46-42)32-13-7-4-8-14-32/h3-27H,1-2H3. The molecule has 0 aliphatic heterocycles. The van der Waals surface area contributed by atoms with Gasteiger partial charge in [0, 0.05) is 33.2 Å². The zero-order valence-corrected chi connectivity index (χ0v) is 26.2. The molecule has 0 bridgehead atoms. The van der Waals surface area contributed by atoms with E-state index in [2.05, 4.69) is 86.6 Å². The maximum absolute atomic E-state index is 13.5. The van der Waals surface area contributed by atoms with Gasteiger partial charge in [-0.2, -0.15) is 0 Å².